The molecule has 1 spiro atoms. The van der Waals surface area contributed by atoms with Crippen LogP contribution in [0.5, 0.6) is 5.75 Å². The van der Waals surface area contributed by atoms with Gasteiger partial charge in [-0.15, -0.1) is 0 Å². The van der Waals surface area contributed by atoms with Crippen LogP contribution >= 0.6 is 0 Å². The first-order chi connectivity index (χ1) is 14.5. The maximum Gasteiger partial charge on any atom is 0.343 e. The van der Waals surface area contributed by atoms with Crippen molar-refractivity contribution in [3.63, 3.8) is 0 Å². The van der Waals surface area contributed by atoms with E-state index in [1.807, 2.05) is 61.5 Å². The molecular weight excluding hydrogens is 380 g/mol. The van der Waals surface area contributed by atoms with Crippen LogP contribution in [-0.2, 0) is 16.1 Å². The molecule has 2 heterocycles. The number of nitrogens with two attached hydrogens (primary N) is 1. The van der Waals surface area contributed by atoms with Crippen molar-refractivity contribution in [1.82, 2.24) is 0 Å². The van der Waals surface area contributed by atoms with Crippen LogP contribution in [0.4, 0.5) is 0 Å². The predicted octanol–water partition coefficient (Wildman–Crippen LogP) is 0.923. The van der Waals surface area contributed by atoms with Crippen LogP contribution in [0.3, 0.4) is 0 Å². The molecule has 7 nitrogen and oxygen atoms in total. The molecule has 0 aromatic heterocycles. The Bertz CT molecular complexity index is 1120. The van der Waals surface area contributed by atoms with Gasteiger partial charge in [0.25, 0.3) is 5.84 Å². The van der Waals surface area contributed by atoms with Gasteiger partial charge in [-0.2, -0.15) is 10.5 Å². The SMILES string of the molecule is C[C@@H]1CO[C@]2([NH+]=C(N)[C@@]3(C#N)[C@@H](c4cccc(OCc5ccccc5)c4)[C@@]23C#N)O1. The predicted molar refractivity (Wildman–Crippen MR) is 105 cm³/mol. The lowest BCUT2D eigenvalue weighted by molar-refractivity contribution is -0.677. The zero-order chi connectivity index (χ0) is 21.0. The van der Waals surface area contributed by atoms with E-state index in [9.17, 15) is 10.5 Å². The van der Waals surface area contributed by atoms with Gasteiger partial charge in [-0.25, -0.2) is 4.99 Å². The van der Waals surface area contributed by atoms with Crippen LogP contribution in [0.25, 0.3) is 0 Å². The van der Waals surface area contributed by atoms with E-state index < -0.39 is 22.7 Å². The Labute approximate surface area is 174 Å². The molecule has 3 aliphatic rings. The van der Waals surface area contributed by atoms with E-state index in [4.69, 9.17) is 19.9 Å². The van der Waals surface area contributed by atoms with Crippen LogP contribution < -0.4 is 15.5 Å². The Morgan fingerprint density at radius 1 is 1.17 bits per heavy atom. The highest BCUT2D eigenvalue weighted by atomic mass is 16.8. The monoisotopic (exact) mass is 401 g/mol. The summed E-state index contributed by atoms with van der Waals surface area (Å²) in [6.07, 6.45) is -0.216. The molecule has 1 aliphatic carbocycles. The zero-order valence-electron chi connectivity index (χ0n) is 16.5. The molecule has 2 aromatic rings. The molecule has 1 saturated heterocycles. The summed E-state index contributed by atoms with van der Waals surface area (Å²) < 4.78 is 17.9. The summed E-state index contributed by atoms with van der Waals surface area (Å²) in [5.74, 6) is -1.05. The smallest absolute Gasteiger partial charge is 0.343 e. The van der Waals surface area contributed by atoms with E-state index in [0.717, 1.165) is 11.1 Å². The molecule has 0 unspecified atom stereocenters. The summed E-state index contributed by atoms with van der Waals surface area (Å²) in [6.45, 7) is 2.60. The third-order valence-corrected chi connectivity index (χ3v) is 6.33. The van der Waals surface area contributed by atoms with E-state index in [0.29, 0.717) is 19.0 Å². The number of benzene rings is 2. The number of fused-ring (bicyclic) bond motifs is 2. The number of nitrogens with one attached hydrogen (secondary N) is 1. The molecule has 0 bridgehead atoms. The summed E-state index contributed by atoms with van der Waals surface area (Å²) in [6, 6.07) is 22.0. The van der Waals surface area contributed by atoms with Crippen molar-refractivity contribution in [3.05, 3.63) is 65.7 Å². The van der Waals surface area contributed by atoms with Crippen LogP contribution in [-0.4, -0.2) is 24.5 Å². The molecule has 2 aliphatic heterocycles. The van der Waals surface area contributed by atoms with E-state index in [2.05, 4.69) is 17.1 Å². The minimum absolute atomic E-state index is 0.209. The van der Waals surface area contributed by atoms with Crippen molar-refractivity contribution in [3.8, 4) is 17.9 Å². The number of hydrogen-bond donors (Lipinski definition) is 2. The Kier molecular flexibility index (Phi) is 3.91. The molecule has 2 aromatic carbocycles. The van der Waals surface area contributed by atoms with Gasteiger partial charge in [0.2, 0.25) is 0 Å². The minimum atomic E-state index is -1.42. The lowest BCUT2D eigenvalue weighted by Crippen LogP contribution is -2.90. The van der Waals surface area contributed by atoms with Crippen LogP contribution in [0.1, 0.15) is 24.0 Å². The first-order valence-corrected chi connectivity index (χ1v) is 9.85. The second-order valence-corrected chi connectivity index (χ2v) is 8.01. The number of nitrogens with zero attached hydrogens (tertiary/aromatic N) is 2. The number of ether oxygens (including phenoxy) is 3. The van der Waals surface area contributed by atoms with Gasteiger partial charge in [0, 0.05) is 5.92 Å². The number of hydrogen-bond acceptors (Lipinski definition) is 6. The average molecular weight is 401 g/mol. The molecule has 30 heavy (non-hydrogen) atoms. The fourth-order valence-corrected chi connectivity index (χ4v) is 4.99. The summed E-state index contributed by atoms with van der Waals surface area (Å²) in [4.78, 5) is 2.98. The van der Waals surface area contributed by atoms with Crippen molar-refractivity contribution >= 4 is 5.84 Å². The summed E-state index contributed by atoms with van der Waals surface area (Å²) >= 11 is 0. The minimum Gasteiger partial charge on any atom is -0.489 e. The lowest BCUT2D eigenvalue weighted by Gasteiger charge is -2.24. The Hall–Kier alpha value is -3.39. The summed E-state index contributed by atoms with van der Waals surface area (Å²) in [5, 5.41) is 20.4. The highest BCUT2D eigenvalue weighted by Crippen LogP contribution is 2.79. The fourth-order valence-electron chi connectivity index (χ4n) is 4.99. The van der Waals surface area contributed by atoms with Crippen molar-refractivity contribution in [2.75, 3.05) is 6.61 Å². The summed E-state index contributed by atoms with van der Waals surface area (Å²) in [5.41, 5.74) is 5.60. The highest BCUT2D eigenvalue weighted by Gasteiger charge is 2.97. The molecule has 0 amide bonds. The highest BCUT2D eigenvalue weighted by molar-refractivity contribution is 5.95. The maximum absolute atomic E-state index is 10.2. The van der Waals surface area contributed by atoms with E-state index >= 15 is 0 Å². The third-order valence-electron chi connectivity index (χ3n) is 6.33. The second-order valence-electron chi connectivity index (χ2n) is 8.01. The van der Waals surface area contributed by atoms with Crippen molar-refractivity contribution < 1.29 is 19.2 Å². The molecule has 1 saturated carbocycles. The Morgan fingerprint density at radius 2 is 1.97 bits per heavy atom. The van der Waals surface area contributed by atoms with Gasteiger partial charge in [-0.1, -0.05) is 42.5 Å². The van der Waals surface area contributed by atoms with Gasteiger partial charge in [-0.3, -0.25) is 5.73 Å². The topological polar surface area (TPSA) is 115 Å². The largest absolute Gasteiger partial charge is 0.489 e. The second kappa shape index (κ2) is 6.30. The molecular formula is C23H21N4O3+. The molecule has 7 heteroatoms. The molecule has 0 radical (unpaired) electrons. The van der Waals surface area contributed by atoms with Crippen LogP contribution in [0.2, 0.25) is 0 Å². The first kappa shape index (κ1) is 18.6. The van der Waals surface area contributed by atoms with Gasteiger partial charge in [0.05, 0.1) is 24.8 Å². The molecule has 3 N–H and O–H groups in total. The van der Waals surface area contributed by atoms with Crippen molar-refractivity contribution in [2.45, 2.75) is 31.5 Å². The van der Waals surface area contributed by atoms with Crippen LogP contribution in [0.15, 0.2) is 54.6 Å². The van der Waals surface area contributed by atoms with Gasteiger partial charge in [0.15, 0.2) is 10.8 Å². The quantitative estimate of drug-likeness (QED) is 0.787. The average Bonchev–Trinajstić information content (AvgIpc) is 3.17. The Balaban J connectivity index is 1.50. The molecule has 2 fully saturated rings. The van der Waals surface area contributed by atoms with E-state index in [1.54, 1.807) is 0 Å². The van der Waals surface area contributed by atoms with Crippen molar-refractivity contribution in [2.24, 2.45) is 16.6 Å². The molecule has 5 rings (SSSR count). The number of rotatable bonds is 4. The first-order valence-electron chi connectivity index (χ1n) is 9.85. The van der Waals surface area contributed by atoms with Crippen molar-refractivity contribution in [1.29, 1.82) is 10.5 Å². The standard InChI is InChI=1S/C23H20N4O3/c1-15-11-29-23(30-15)22(14-25)19(21(22,13-24)20(26)27-23)17-8-5-9-18(10-17)28-12-16-6-3-2-4-7-16/h2-10,15,19H,11-12H2,1H3,(H2,26,27)/p+1/t15-,19-,21-,22-,23+/m1/s1. The van der Waals surface area contributed by atoms with Crippen LogP contribution in [0, 0.1) is 33.5 Å². The van der Waals surface area contributed by atoms with E-state index in [-0.39, 0.29) is 11.9 Å². The van der Waals surface area contributed by atoms with E-state index in [1.165, 1.54) is 0 Å². The van der Waals surface area contributed by atoms with Gasteiger partial charge < -0.3 is 14.2 Å². The zero-order valence-corrected chi connectivity index (χ0v) is 16.5. The number of nitriles is 2. The Morgan fingerprint density at radius 3 is 2.63 bits per heavy atom. The number of amidine groups is 1. The molecule has 5 atom stereocenters. The fraction of sp³-hybridized carbons (Fsp3) is 0.348. The maximum atomic E-state index is 10.2. The van der Waals surface area contributed by atoms with Gasteiger partial charge in [0.1, 0.15) is 12.4 Å². The normalized spacial score (nSPS) is 35.9. The molecule has 150 valence electrons. The van der Waals surface area contributed by atoms with Gasteiger partial charge in [-0.05, 0) is 30.2 Å². The lowest BCUT2D eigenvalue weighted by atomic mass is 9.94. The summed E-state index contributed by atoms with van der Waals surface area (Å²) in [7, 11) is 0. The van der Waals surface area contributed by atoms with Gasteiger partial charge >= 0.3 is 5.91 Å². The third kappa shape index (κ3) is 2.16.